The van der Waals surface area contributed by atoms with Crippen LogP contribution in [-0.2, 0) is 6.54 Å². The maximum atomic E-state index is 11.8. The van der Waals surface area contributed by atoms with Crippen molar-refractivity contribution >= 4 is 40.1 Å². The summed E-state index contributed by atoms with van der Waals surface area (Å²) in [5.74, 6) is 1.25. The van der Waals surface area contributed by atoms with E-state index in [1.165, 1.54) is 4.90 Å². The number of anilines is 2. The number of carbonyl (C=O) groups is 1. The molecule has 174 valence electrons. The van der Waals surface area contributed by atoms with Crippen molar-refractivity contribution in [2.24, 2.45) is 5.92 Å². The van der Waals surface area contributed by atoms with E-state index >= 15 is 0 Å². The number of halogens is 1. The maximum Gasteiger partial charge on any atom is 0.407 e. The van der Waals surface area contributed by atoms with Crippen molar-refractivity contribution in [2.75, 3.05) is 30.9 Å². The molecule has 6 nitrogen and oxygen atoms in total. The van der Waals surface area contributed by atoms with Gasteiger partial charge in [0.1, 0.15) is 5.82 Å². The monoisotopic (exact) mass is 466 g/mol. The molecule has 0 atom stereocenters. The SMILES string of the molecule is CN(C)c1cc(N[C@H]2CC[C@@H](CN(Cc3ccccc3Cl)C(=O)O)CC2)nc2ccccc12. The molecule has 4 rings (SSSR count). The molecule has 0 unspecified atom stereocenters. The first-order valence-corrected chi connectivity index (χ1v) is 11.8. The zero-order valence-corrected chi connectivity index (χ0v) is 19.9. The Morgan fingerprint density at radius 3 is 2.48 bits per heavy atom. The molecule has 1 heterocycles. The Bertz CT molecular complexity index is 1110. The molecule has 1 saturated carbocycles. The van der Waals surface area contributed by atoms with Crippen molar-refractivity contribution in [1.29, 1.82) is 0 Å². The summed E-state index contributed by atoms with van der Waals surface area (Å²) in [6.07, 6.45) is 3.06. The average Bonchev–Trinajstić information content (AvgIpc) is 2.80. The van der Waals surface area contributed by atoms with Gasteiger partial charge < -0.3 is 20.2 Å². The molecule has 1 aliphatic carbocycles. The summed E-state index contributed by atoms with van der Waals surface area (Å²) in [5, 5.41) is 15.1. The molecule has 33 heavy (non-hydrogen) atoms. The van der Waals surface area contributed by atoms with Gasteiger partial charge in [0, 0.05) is 48.8 Å². The van der Waals surface area contributed by atoms with Crippen molar-refractivity contribution in [1.82, 2.24) is 9.88 Å². The van der Waals surface area contributed by atoms with Crippen LogP contribution in [0.2, 0.25) is 5.02 Å². The number of rotatable bonds is 7. The lowest BCUT2D eigenvalue weighted by atomic mass is 9.85. The second-order valence-corrected chi connectivity index (χ2v) is 9.46. The molecule has 0 bridgehead atoms. The smallest absolute Gasteiger partial charge is 0.407 e. The second kappa shape index (κ2) is 10.3. The van der Waals surface area contributed by atoms with E-state index in [0.717, 1.165) is 53.7 Å². The number of nitrogens with zero attached hydrogens (tertiary/aromatic N) is 3. The van der Waals surface area contributed by atoms with Crippen LogP contribution in [0.15, 0.2) is 54.6 Å². The Morgan fingerprint density at radius 1 is 1.09 bits per heavy atom. The Morgan fingerprint density at radius 2 is 1.79 bits per heavy atom. The number of fused-ring (bicyclic) bond motifs is 1. The lowest BCUT2D eigenvalue weighted by Crippen LogP contribution is -2.36. The van der Waals surface area contributed by atoms with Crippen LogP contribution in [0.4, 0.5) is 16.3 Å². The number of benzene rings is 2. The highest BCUT2D eigenvalue weighted by molar-refractivity contribution is 6.31. The minimum atomic E-state index is -0.897. The molecule has 0 radical (unpaired) electrons. The van der Waals surface area contributed by atoms with E-state index in [1.807, 2.05) is 50.5 Å². The molecule has 3 aromatic rings. The van der Waals surface area contributed by atoms with Gasteiger partial charge in [-0.2, -0.15) is 0 Å². The number of carboxylic acid groups (broad SMARTS) is 1. The Balaban J connectivity index is 1.37. The van der Waals surface area contributed by atoms with Crippen LogP contribution in [0, 0.1) is 5.92 Å². The number of aromatic nitrogens is 1. The standard InChI is InChI=1S/C26H31ClN4O2/c1-30(2)24-15-25(29-23-10-6-4-8-21(23)24)28-20-13-11-18(12-14-20)16-31(26(32)33)17-19-7-3-5-9-22(19)27/h3-10,15,18,20H,11-14,16-17H2,1-2H3,(H,28,29)(H,32,33)/t18-,20+. The first kappa shape index (κ1) is 23.2. The van der Waals surface area contributed by atoms with Gasteiger partial charge in [0.05, 0.1) is 12.1 Å². The molecule has 7 heteroatoms. The lowest BCUT2D eigenvalue weighted by Gasteiger charge is -2.32. The Kier molecular flexibility index (Phi) is 7.23. The highest BCUT2D eigenvalue weighted by Gasteiger charge is 2.25. The summed E-state index contributed by atoms with van der Waals surface area (Å²) < 4.78 is 0. The van der Waals surface area contributed by atoms with E-state index in [0.29, 0.717) is 30.1 Å². The van der Waals surface area contributed by atoms with Gasteiger partial charge in [-0.25, -0.2) is 9.78 Å². The molecule has 1 fully saturated rings. The first-order chi connectivity index (χ1) is 15.9. The summed E-state index contributed by atoms with van der Waals surface area (Å²) in [6.45, 7) is 0.855. The van der Waals surface area contributed by atoms with Gasteiger partial charge in [-0.05, 0) is 49.3 Å². The average molecular weight is 467 g/mol. The van der Waals surface area contributed by atoms with Crippen molar-refractivity contribution < 1.29 is 9.90 Å². The van der Waals surface area contributed by atoms with E-state index in [1.54, 1.807) is 6.07 Å². The fraction of sp³-hybridized carbons (Fsp3) is 0.385. The minimum Gasteiger partial charge on any atom is -0.465 e. The molecular formula is C26H31ClN4O2. The van der Waals surface area contributed by atoms with Crippen molar-refractivity contribution in [2.45, 2.75) is 38.3 Å². The van der Waals surface area contributed by atoms with Gasteiger partial charge in [-0.1, -0.05) is 48.0 Å². The summed E-state index contributed by atoms with van der Waals surface area (Å²) in [5.41, 5.74) is 2.97. The van der Waals surface area contributed by atoms with Crippen LogP contribution in [0.5, 0.6) is 0 Å². The Hall–Kier alpha value is -2.99. The van der Waals surface area contributed by atoms with Crippen LogP contribution in [0.25, 0.3) is 10.9 Å². The number of para-hydroxylation sites is 1. The number of hydrogen-bond donors (Lipinski definition) is 2. The number of amides is 1. The number of nitrogens with one attached hydrogen (secondary N) is 1. The largest absolute Gasteiger partial charge is 0.465 e. The Labute approximate surface area is 200 Å². The molecule has 1 amide bonds. The predicted molar refractivity (Wildman–Crippen MR) is 135 cm³/mol. The van der Waals surface area contributed by atoms with Crippen LogP contribution in [-0.4, -0.2) is 47.8 Å². The number of pyridine rings is 1. The van der Waals surface area contributed by atoms with Gasteiger partial charge in [0.15, 0.2) is 0 Å². The van der Waals surface area contributed by atoms with Gasteiger partial charge >= 0.3 is 6.09 Å². The van der Waals surface area contributed by atoms with E-state index in [9.17, 15) is 9.90 Å². The zero-order chi connectivity index (χ0) is 23.4. The molecule has 2 N–H and O–H groups in total. The molecule has 0 spiro atoms. The fourth-order valence-corrected chi connectivity index (χ4v) is 4.85. The van der Waals surface area contributed by atoms with Crippen molar-refractivity contribution in [3.05, 3.63) is 65.2 Å². The van der Waals surface area contributed by atoms with Gasteiger partial charge in [0.2, 0.25) is 0 Å². The van der Waals surface area contributed by atoms with E-state index in [4.69, 9.17) is 16.6 Å². The molecule has 1 aliphatic rings. The normalized spacial score (nSPS) is 18.2. The third-order valence-electron chi connectivity index (χ3n) is 6.44. The third-order valence-corrected chi connectivity index (χ3v) is 6.81. The highest BCUT2D eigenvalue weighted by atomic mass is 35.5. The predicted octanol–water partition coefficient (Wildman–Crippen LogP) is 6.11. The fourth-order valence-electron chi connectivity index (χ4n) is 4.65. The van der Waals surface area contributed by atoms with Crippen molar-refractivity contribution in [3.63, 3.8) is 0 Å². The summed E-state index contributed by atoms with van der Waals surface area (Å²) in [7, 11) is 4.10. The van der Waals surface area contributed by atoms with Crippen LogP contribution in [0.3, 0.4) is 0 Å². The van der Waals surface area contributed by atoms with Gasteiger partial charge in [0.25, 0.3) is 0 Å². The van der Waals surface area contributed by atoms with Crippen LogP contribution < -0.4 is 10.2 Å². The minimum absolute atomic E-state index is 0.321. The quantitative estimate of drug-likeness (QED) is 0.440. The zero-order valence-electron chi connectivity index (χ0n) is 19.2. The molecule has 1 aromatic heterocycles. The maximum absolute atomic E-state index is 11.8. The summed E-state index contributed by atoms with van der Waals surface area (Å²) >= 11 is 6.24. The highest BCUT2D eigenvalue weighted by Crippen LogP contribution is 2.31. The van der Waals surface area contributed by atoms with Gasteiger partial charge in [-0.3, -0.25) is 0 Å². The van der Waals surface area contributed by atoms with E-state index in [-0.39, 0.29) is 0 Å². The van der Waals surface area contributed by atoms with Crippen LogP contribution >= 0.6 is 11.6 Å². The van der Waals surface area contributed by atoms with Crippen LogP contribution in [0.1, 0.15) is 31.2 Å². The second-order valence-electron chi connectivity index (χ2n) is 9.05. The topological polar surface area (TPSA) is 68.7 Å². The molecule has 2 aromatic carbocycles. The summed E-state index contributed by atoms with van der Waals surface area (Å²) in [6, 6.07) is 18.1. The lowest BCUT2D eigenvalue weighted by molar-refractivity contribution is 0.127. The van der Waals surface area contributed by atoms with E-state index in [2.05, 4.69) is 22.3 Å². The van der Waals surface area contributed by atoms with E-state index < -0.39 is 6.09 Å². The molecule has 0 aliphatic heterocycles. The molecule has 0 saturated heterocycles. The van der Waals surface area contributed by atoms with Crippen molar-refractivity contribution in [3.8, 4) is 0 Å². The first-order valence-electron chi connectivity index (χ1n) is 11.5. The third kappa shape index (κ3) is 5.69. The van der Waals surface area contributed by atoms with Gasteiger partial charge in [-0.15, -0.1) is 0 Å². The number of hydrogen-bond acceptors (Lipinski definition) is 4. The molecular weight excluding hydrogens is 436 g/mol. The summed E-state index contributed by atoms with van der Waals surface area (Å²) in [4.78, 5) is 20.3.